The lowest BCUT2D eigenvalue weighted by Crippen LogP contribution is -2.29. The van der Waals surface area contributed by atoms with Crippen LogP contribution in [-0.4, -0.2) is 33.3 Å². The molecule has 1 unspecified atom stereocenters. The van der Waals surface area contributed by atoms with E-state index in [0.29, 0.717) is 5.56 Å². The SMILES string of the molecule is CNS(=O)(=O)c1ccc(C(=O)N(C)C(C)c2cccs2)cc1. The summed E-state index contributed by atoms with van der Waals surface area (Å²) in [5.74, 6) is -0.144. The number of benzene rings is 1. The summed E-state index contributed by atoms with van der Waals surface area (Å²) in [6, 6.07) is 9.83. The van der Waals surface area contributed by atoms with Crippen molar-refractivity contribution in [1.29, 1.82) is 0 Å². The minimum Gasteiger partial charge on any atom is -0.334 e. The van der Waals surface area contributed by atoms with Crippen molar-refractivity contribution in [2.45, 2.75) is 17.9 Å². The van der Waals surface area contributed by atoms with Gasteiger partial charge in [-0.25, -0.2) is 13.1 Å². The average Bonchev–Trinajstić information content (AvgIpc) is 3.07. The summed E-state index contributed by atoms with van der Waals surface area (Å²) in [6.45, 7) is 1.96. The van der Waals surface area contributed by atoms with Crippen LogP contribution < -0.4 is 4.72 Å². The van der Waals surface area contributed by atoms with Gasteiger partial charge in [0.2, 0.25) is 10.0 Å². The zero-order valence-corrected chi connectivity index (χ0v) is 14.2. The number of amides is 1. The largest absolute Gasteiger partial charge is 0.334 e. The zero-order valence-electron chi connectivity index (χ0n) is 12.6. The van der Waals surface area contributed by atoms with Crippen molar-refractivity contribution in [3.8, 4) is 0 Å². The van der Waals surface area contributed by atoms with E-state index in [0.717, 1.165) is 4.88 Å². The van der Waals surface area contributed by atoms with Crippen molar-refractivity contribution in [1.82, 2.24) is 9.62 Å². The van der Waals surface area contributed by atoms with Crippen LogP contribution in [0.4, 0.5) is 0 Å². The number of nitrogens with one attached hydrogen (secondary N) is 1. The topological polar surface area (TPSA) is 66.5 Å². The molecule has 0 aliphatic rings. The molecule has 1 aromatic carbocycles. The minimum absolute atomic E-state index is 0.0341. The fourth-order valence-electron chi connectivity index (χ4n) is 1.99. The monoisotopic (exact) mass is 338 g/mol. The summed E-state index contributed by atoms with van der Waals surface area (Å²) >= 11 is 1.60. The number of hydrogen-bond donors (Lipinski definition) is 1. The van der Waals surface area contributed by atoms with E-state index in [1.165, 1.54) is 31.3 Å². The quantitative estimate of drug-likeness (QED) is 0.911. The molecular weight excluding hydrogens is 320 g/mol. The molecule has 0 radical (unpaired) electrons. The molecule has 1 atom stereocenters. The van der Waals surface area contributed by atoms with E-state index in [4.69, 9.17) is 0 Å². The van der Waals surface area contributed by atoms with Crippen molar-refractivity contribution in [2.24, 2.45) is 0 Å². The molecule has 0 spiro atoms. The Kier molecular flexibility index (Phi) is 5.00. The van der Waals surface area contributed by atoms with Crippen LogP contribution in [0.15, 0.2) is 46.7 Å². The van der Waals surface area contributed by atoms with Crippen LogP contribution in [-0.2, 0) is 10.0 Å². The predicted molar refractivity (Wildman–Crippen MR) is 87.5 cm³/mol. The van der Waals surface area contributed by atoms with Crippen molar-refractivity contribution in [3.05, 3.63) is 52.2 Å². The van der Waals surface area contributed by atoms with Gasteiger partial charge in [-0.2, -0.15) is 0 Å². The second kappa shape index (κ2) is 6.60. The molecule has 0 fully saturated rings. The van der Waals surface area contributed by atoms with Crippen LogP contribution in [0.3, 0.4) is 0 Å². The lowest BCUT2D eigenvalue weighted by Gasteiger charge is -2.24. The molecule has 0 saturated carbocycles. The lowest BCUT2D eigenvalue weighted by molar-refractivity contribution is 0.0745. The van der Waals surface area contributed by atoms with Gasteiger partial charge in [0.05, 0.1) is 10.9 Å². The summed E-state index contributed by atoms with van der Waals surface area (Å²) in [7, 11) is -0.393. The van der Waals surface area contributed by atoms with Crippen LogP contribution >= 0.6 is 11.3 Å². The van der Waals surface area contributed by atoms with Crippen LogP contribution in [0.5, 0.6) is 0 Å². The van der Waals surface area contributed by atoms with Crippen LogP contribution in [0.1, 0.15) is 28.2 Å². The summed E-state index contributed by atoms with van der Waals surface area (Å²) in [5.41, 5.74) is 0.459. The zero-order chi connectivity index (χ0) is 16.3. The van der Waals surface area contributed by atoms with Gasteiger partial charge in [0, 0.05) is 17.5 Å². The fourth-order valence-corrected chi connectivity index (χ4v) is 3.55. The van der Waals surface area contributed by atoms with E-state index in [-0.39, 0.29) is 16.8 Å². The summed E-state index contributed by atoms with van der Waals surface area (Å²) in [4.78, 5) is 15.4. The van der Waals surface area contributed by atoms with Gasteiger partial charge in [0.25, 0.3) is 5.91 Å². The van der Waals surface area contributed by atoms with Crippen molar-refractivity contribution >= 4 is 27.3 Å². The first-order valence-corrected chi connectivity index (χ1v) is 9.07. The Balaban J connectivity index is 2.19. The molecule has 0 aliphatic carbocycles. The Hall–Kier alpha value is -1.70. The molecule has 0 aliphatic heterocycles. The number of sulfonamides is 1. The van der Waals surface area contributed by atoms with Crippen molar-refractivity contribution < 1.29 is 13.2 Å². The third-order valence-electron chi connectivity index (χ3n) is 3.54. The number of carbonyl (C=O) groups excluding carboxylic acids is 1. The van der Waals surface area contributed by atoms with Gasteiger partial charge >= 0.3 is 0 Å². The highest BCUT2D eigenvalue weighted by molar-refractivity contribution is 7.89. The number of rotatable bonds is 5. The summed E-state index contributed by atoms with van der Waals surface area (Å²) < 4.78 is 25.6. The van der Waals surface area contributed by atoms with Crippen LogP contribution in [0.2, 0.25) is 0 Å². The smallest absolute Gasteiger partial charge is 0.254 e. The molecular formula is C15H18N2O3S2. The highest BCUT2D eigenvalue weighted by atomic mass is 32.2. The molecule has 1 amide bonds. The Morgan fingerprint density at radius 2 is 1.86 bits per heavy atom. The van der Waals surface area contributed by atoms with E-state index < -0.39 is 10.0 Å². The molecule has 1 heterocycles. The van der Waals surface area contributed by atoms with E-state index >= 15 is 0 Å². The maximum absolute atomic E-state index is 12.5. The Bertz CT molecular complexity index is 738. The minimum atomic E-state index is -3.49. The molecule has 0 saturated heterocycles. The molecule has 2 aromatic rings. The standard InChI is InChI=1S/C15H18N2O3S2/c1-11(14-5-4-10-21-14)17(3)15(18)12-6-8-13(9-7-12)22(19,20)16-2/h4-11,16H,1-3H3. The first kappa shape index (κ1) is 16.7. The van der Waals surface area contributed by atoms with Gasteiger partial charge in [0.1, 0.15) is 0 Å². The van der Waals surface area contributed by atoms with Gasteiger partial charge in [0.15, 0.2) is 0 Å². The first-order valence-electron chi connectivity index (χ1n) is 6.71. The predicted octanol–water partition coefficient (Wildman–Crippen LogP) is 2.49. The Labute approximate surface area is 134 Å². The highest BCUT2D eigenvalue weighted by Gasteiger charge is 2.20. The number of thiophene rings is 1. The van der Waals surface area contributed by atoms with Gasteiger partial charge in [-0.05, 0) is 49.7 Å². The molecule has 22 heavy (non-hydrogen) atoms. The molecule has 2 rings (SSSR count). The van der Waals surface area contributed by atoms with E-state index in [9.17, 15) is 13.2 Å². The third-order valence-corrected chi connectivity index (χ3v) is 6.01. The molecule has 7 heteroatoms. The normalized spacial score (nSPS) is 12.9. The number of nitrogens with zero attached hydrogens (tertiary/aromatic N) is 1. The number of hydrogen-bond acceptors (Lipinski definition) is 4. The Morgan fingerprint density at radius 3 is 2.36 bits per heavy atom. The average molecular weight is 338 g/mol. The first-order chi connectivity index (χ1) is 10.4. The molecule has 1 aromatic heterocycles. The van der Waals surface area contributed by atoms with Crippen molar-refractivity contribution in [3.63, 3.8) is 0 Å². The van der Waals surface area contributed by atoms with Crippen molar-refractivity contribution in [2.75, 3.05) is 14.1 Å². The van der Waals surface area contributed by atoms with E-state index in [1.54, 1.807) is 23.3 Å². The molecule has 118 valence electrons. The van der Waals surface area contributed by atoms with Gasteiger partial charge in [-0.1, -0.05) is 6.07 Å². The Morgan fingerprint density at radius 1 is 1.23 bits per heavy atom. The van der Waals surface area contributed by atoms with Crippen LogP contribution in [0, 0.1) is 0 Å². The van der Waals surface area contributed by atoms with Gasteiger partial charge in [-0.15, -0.1) is 11.3 Å². The fraction of sp³-hybridized carbons (Fsp3) is 0.267. The highest BCUT2D eigenvalue weighted by Crippen LogP contribution is 2.25. The number of carbonyl (C=O) groups is 1. The second-order valence-corrected chi connectivity index (χ2v) is 7.71. The maximum atomic E-state index is 12.5. The van der Waals surface area contributed by atoms with E-state index in [1.807, 2.05) is 24.4 Å². The van der Waals surface area contributed by atoms with Gasteiger partial charge in [-0.3, -0.25) is 4.79 Å². The molecule has 5 nitrogen and oxygen atoms in total. The molecule has 1 N–H and O–H groups in total. The molecule has 0 bridgehead atoms. The van der Waals surface area contributed by atoms with Gasteiger partial charge < -0.3 is 4.90 Å². The lowest BCUT2D eigenvalue weighted by atomic mass is 10.1. The summed E-state index contributed by atoms with van der Waals surface area (Å²) in [5, 5.41) is 1.97. The maximum Gasteiger partial charge on any atom is 0.254 e. The van der Waals surface area contributed by atoms with E-state index in [2.05, 4.69) is 4.72 Å². The second-order valence-electron chi connectivity index (χ2n) is 4.84. The van der Waals surface area contributed by atoms with Crippen LogP contribution in [0.25, 0.3) is 0 Å². The third kappa shape index (κ3) is 3.37. The summed E-state index contributed by atoms with van der Waals surface area (Å²) in [6.07, 6.45) is 0.